The lowest BCUT2D eigenvalue weighted by molar-refractivity contribution is -0.130. The van der Waals surface area contributed by atoms with E-state index in [0.717, 1.165) is 5.56 Å². The average molecular weight is 381 g/mol. The number of nitrogens with zero attached hydrogens (tertiary/aromatic N) is 1. The number of carbonyl (C=O) groups excluding carboxylic acids is 2. The first kappa shape index (κ1) is 19.3. The average Bonchev–Trinajstić information content (AvgIpc) is 3.13. The molecule has 1 heterocycles. The van der Waals surface area contributed by atoms with Gasteiger partial charge in [0.2, 0.25) is 5.91 Å². The first-order valence-corrected chi connectivity index (χ1v) is 9.15. The van der Waals surface area contributed by atoms with Crippen molar-refractivity contribution in [2.45, 2.75) is 19.4 Å². The van der Waals surface area contributed by atoms with Gasteiger partial charge in [-0.05, 0) is 36.1 Å². The fraction of sp³-hybridized carbons (Fsp3) is 0.333. The van der Waals surface area contributed by atoms with Crippen LogP contribution in [0.2, 0.25) is 5.02 Å². The van der Waals surface area contributed by atoms with Crippen LogP contribution in [0.5, 0.6) is 5.75 Å². The number of amides is 2. The molecule has 0 aliphatic carbocycles. The Morgan fingerprint density at radius 3 is 2.80 bits per heavy atom. The Morgan fingerprint density at radius 1 is 1.32 bits per heavy atom. The molecular weight excluding hydrogens is 360 g/mol. The van der Waals surface area contributed by atoms with Crippen LogP contribution in [0.4, 0.5) is 0 Å². The van der Waals surface area contributed by atoms with Crippen molar-refractivity contribution in [1.29, 1.82) is 0 Å². The van der Waals surface area contributed by atoms with Crippen LogP contribution < -0.4 is 10.1 Å². The molecule has 0 bridgehead atoms. The molecule has 0 aliphatic heterocycles. The minimum Gasteiger partial charge on any atom is -0.496 e. The third-order valence-corrected chi connectivity index (χ3v) is 4.78. The summed E-state index contributed by atoms with van der Waals surface area (Å²) in [6.07, 6.45) is 0.955. The van der Waals surface area contributed by atoms with Gasteiger partial charge in [-0.15, -0.1) is 11.3 Å². The second-order valence-electron chi connectivity index (χ2n) is 5.54. The summed E-state index contributed by atoms with van der Waals surface area (Å²) in [7, 11) is 3.33. The number of thiophene rings is 1. The molecule has 0 spiro atoms. The molecule has 1 aromatic heterocycles. The number of rotatable bonds is 8. The van der Waals surface area contributed by atoms with Crippen molar-refractivity contribution >= 4 is 34.8 Å². The fourth-order valence-electron chi connectivity index (χ4n) is 2.34. The zero-order chi connectivity index (χ0) is 18.2. The number of halogens is 1. The number of carbonyl (C=O) groups is 2. The summed E-state index contributed by atoms with van der Waals surface area (Å²) in [5.74, 6) is 0.610. The normalized spacial score (nSPS) is 10.4. The third kappa shape index (κ3) is 5.76. The summed E-state index contributed by atoms with van der Waals surface area (Å²) in [4.78, 5) is 26.4. The number of nitrogens with one attached hydrogen (secondary N) is 1. The summed E-state index contributed by atoms with van der Waals surface area (Å²) in [6.45, 7) is 0.890. The summed E-state index contributed by atoms with van der Waals surface area (Å²) in [6, 6.07) is 8.95. The molecule has 25 heavy (non-hydrogen) atoms. The van der Waals surface area contributed by atoms with E-state index in [-0.39, 0.29) is 11.8 Å². The van der Waals surface area contributed by atoms with E-state index < -0.39 is 0 Å². The number of benzene rings is 1. The molecule has 0 saturated heterocycles. The van der Waals surface area contributed by atoms with Crippen LogP contribution in [0.15, 0.2) is 35.7 Å². The standard InChI is InChI=1S/C18H21ClN2O3S/c1-21(12-13-11-14(19)7-8-15(13)24-2)17(22)6-3-9-20-18(23)16-5-4-10-25-16/h4-5,7-8,10-11H,3,6,9,12H2,1-2H3,(H,20,23). The van der Waals surface area contributed by atoms with Gasteiger partial charge < -0.3 is 15.0 Å². The van der Waals surface area contributed by atoms with Gasteiger partial charge in [-0.3, -0.25) is 9.59 Å². The molecule has 1 N–H and O–H groups in total. The molecular formula is C18H21ClN2O3S. The second kappa shape index (κ2) is 9.44. The highest BCUT2D eigenvalue weighted by Gasteiger charge is 2.13. The summed E-state index contributed by atoms with van der Waals surface area (Å²) in [5.41, 5.74) is 0.858. The van der Waals surface area contributed by atoms with E-state index in [1.165, 1.54) is 11.3 Å². The highest BCUT2D eigenvalue weighted by Crippen LogP contribution is 2.23. The molecule has 0 saturated carbocycles. The van der Waals surface area contributed by atoms with E-state index in [9.17, 15) is 9.59 Å². The molecule has 2 amide bonds. The maximum atomic E-state index is 12.2. The highest BCUT2D eigenvalue weighted by atomic mass is 35.5. The number of ether oxygens (including phenoxy) is 1. The Labute approximate surface area is 156 Å². The van der Waals surface area contributed by atoms with Crippen molar-refractivity contribution in [2.24, 2.45) is 0 Å². The quantitative estimate of drug-likeness (QED) is 0.712. The Morgan fingerprint density at radius 2 is 2.12 bits per heavy atom. The van der Waals surface area contributed by atoms with E-state index in [2.05, 4.69) is 5.32 Å². The van der Waals surface area contributed by atoms with Crippen molar-refractivity contribution in [1.82, 2.24) is 10.2 Å². The van der Waals surface area contributed by atoms with E-state index in [1.54, 1.807) is 43.3 Å². The van der Waals surface area contributed by atoms with Crippen molar-refractivity contribution < 1.29 is 14.3 Å². The van der Waals surface area contributed by atoms with Gasteiger partial charge in [0.15, 0.2) is 0 Å². The molecule has 0 unspecified atom stereocenters. The molecule has 2 rings (SSSR count). The molecule has 0 aliphatic rings. The monoisotopic (exact) mass is 380 g/mol. The first-order valence-electron chi connectivity index (χ1n) is 7.89. The van der Waals surface area contributed by atoms with Crippen LogP contribution in [0.3, 0.4) is 0 Å². The van der Waals surface area contributed by atoms with Crippen molar-refractivity contribution in [3.63, 3.8) is 0 Å². The van der Waals surface area contributed by atoms with Gasteiger partial charge in [0.05, 0.1) is 12.0 Å². The van der Waals surface area contributed by atoms with Crippen molar-refractivity contribution in [3.8, 4) is 5.75 Å². The van der Waals surface area contributed by atoms with E-state index in [0.29, 0.717) is 41.6 Å². The molecule has 0 atom stereocenters. The van der Waals surface area contributed by atoms with Gasteiger partial charge in [-0.25, -0.2) is 0 Å². The molecule has 0 radical (unpaired) electrons. The smallest absolute Gasteiger partial charge is 0.261 e. The SMILES string of the molecule is COc1ccc(Cl)cc1CN(C)C(=O)CCCNC(=O)c1cccs1. The molecule has 5 nitrogen and oxygen atoms in total. The van der Waals surface area contributed by atoms with Gasteiger partial charge >= 0.3 is 0 Å². The predicted molar refractivity (Wildman–Crippen MR) is 100 cm³/mol. The summed E-state index contributed by atoms with van der Waals surface area (Å²) in [5, 5.41) is 5.28. The van der Waals surface area contributed by atoms with Crippen LogP contribution >= 0.6 is 22.9 Å². The molecule has 134 valence electrons. The van der Waals surface area contributed by atoms with Gasteiger partial charge in [0, 0.05) is 37.1 Å². The Bertz CT molecular complexity index is 719. The minimum atomic E-state index is -0.0977. The zero-order valence-electron chi connectivity index (χ0n) is 14.3. The van der Waals surface area contributed by atoms with Crippen LogP contribution in [-0.2, 0) is 11.3 Å². The fourth-order valence-corrected chi connectivity index (χ4v) is 3.18. The maximum Gasteiger partial charge on any atom is 0.261 e. The maximum absolute atomic E-state index is 12.2. The second-order valence-corrected chi connectivity index (χ2v) is 6.93. The number of methoxy groups -OCH3 is 1. The molecule has 2 aromatic rings. The van der Waals surface area contributed by atoms with E-state index in [1.807, 2.05) is 11.4 Å². The topological polar surface area (TPSA) is 58.6 Å². The third-order valence-electron chi connectivity index (χ3n) is 3.67. The van der Waals surface area contributed by atoms with Gasteiger partial charge in [-0.2, -0.15) is 0 Å². The van der Waals surface area contributed by atoms with Crippen molar-refractivity contribution in [2.75, 3.05) is 20.7 Å². The van der Waals surface area contributed by atoms with Crippen molar-refractivity contribution in [3.05, 3.63) is 51.2 Å². The van der Waals surface area contributed by atoms with E-state index >= 15 is 0 Å². The van der Waals surface area contributed by atoms with Gasteiger partial charge in [0.1, 0.15) is 5.75 Å². The highest BCUT2D eigenvalue weighted by molar-refractivity contribution is 7.12. The lowest BCUT2D eigenvalue weighted by atomic mass is 10.1. The summed E-state index contributed by atoms with van der Waals surface area (Å²) >= 11 is 7.41. The first-order chi connectivity index (χ1) is 12.0. The molecule has 1 aromatic carbocycles. The Kier molecular flexibility index (Phi) is 7.28. The van der Waals surface area contributed by atoms with Gasteiger partial charge in [0.25, 0.3) is 5.91 Å². The molecule has 0 fully saturated rings. The lowest BCUT2D eigenvalue weighted by Crippen LogP contribution is -2.28. The van der Waals surface area contributed by atoms with E-state index in [4.69, 9.17) is 16.3 Å². The predicted octanol–water partition coefficient (Wildman–Crippen LogP) is 3.58. The van der Waals surface area contributed by atoms with Crippen LogP contribution in [-0.4, -0.2) is 37.4 Å². The minimum absolute atomic E-state index is 0.00685. The van der Waals surface area contributed by atoms with Gasteiger partial charge in [-0.1, -0.05) is 17.7 Å². The Hall–Kier alpha value is -2.05. The Balaban J connectivity index is 1.77. The zero-order valence-corrected chi connectivity index (χ0v) is 15.8. The largest absolute Gasteiger partial charge is 0.496 e. The number of hydrogen-bond donors (Lipinski definition) is 1. The van der Waals surface area contributed by atoms with Crippen LogP contribution in [0.1, 0.15) is 28.1 Å². The molecule has 7 heteroatoms. The van der Waals surface area contributed by atoms with Crippen LogP contribution in [0.25, 0.3) is 0 Å². The lowest BCUT2D eigenvalue weighted by Gasteiger charge is -2.19. The number of hydrogen-bond acceptors (Lipinski definition) is 4. The van der Waals surface area contributed by atoms with Crippen LogP contribution in [0, 0.1) is 0 Å². The summed E-state index contributed by atoms with van der Waals surface area (Å²) < 4.78 is 5.30.